The highest BCUT2D eigenvalue weighted by Crippen LogP contribution is 2.15. The van der Waals surface area contributed by atoms with Crippen LogP contribution in [0.2, 0.25) is 0 Å². The lowest BCUT2D eigenvalue weighted by atomic mass is 10.1. The summed E-state index contributed by atoms with van der Waals surface area (Å²) in [4.78, 5) is 4.04. The molecule has 0 radical (unpaired) electrons. The summed E-state index contributed by atoms with van der Waals surface area (Å²) >= 11 is 3.33. The molecule has 0 bridgehead atoms. The molecule has 3 nitrogen and oxygen atoms in total. The van der Waals surface area contributed by atoms with E-state index >= 15 is 0 Å². The predicted molar refractivity (Wildman–Crippen MR) is 92.8 cm³/mol. The second kappa shape index (κ2) is 10.2. The topological polar surface area (TPSA) is 36.4 Å². The molecular weight excluding hydrogens is 424 g/mol. The van der Waals surface area contributed by atoms with Crippen LogP contribution in [0.15, 0.2) is 40.3 Å². The maximum absolute atomic E-state index is 13.5. The van der Waals surface area contributed by atoms with E-state index in [4.69, 9.17) is 0 Å². The zero-order chi connectivity index (χ0) is 13.4. The zero-order valence-electron chi connectivity index (χ0n) is 10.7. The van der Waals surface area contributed by atoms with Crippen molar-refractivity contribution in [3.8, 4) is 0 Å². The molecule has 0 saturated carbocycles. The Morgan fingerprint density at radius 3 is 2.84 bits per heavy atom. The van der Waals surface area contributed by atoms with Crippen LogP contribution in [-0.2, 0) is 6.42 Å². The van der Waals surface area contributed by atoms with Gasteiger partial charge in [-0.15, -0.1) is 30.6 Å². The first-order valence-electron chi connectivity index (χ1n) is 5.66. The van der Waals surface area contributed by atoms with Crippen molar-refractivity contribution in [2.24, 2.45) is 4.99 Å². The van der Waals surface area contributed by atoms with E-state index in [2.05, 4.69) is 38.1 Å². The lowest BCUT2D eigenvalue weighted by Gasteiger charge is -2.10. The molecule has 106 valence electrons. The number of hydrogen-bond acceptors (Lipinski definition) is 1. The van der Waals surface area contributed by atoms with Crippen LogP contribution < -0.4 is 10.6 Å². The first-order chi connectivity index (χ1) is 8.67. The molecule has 0 fully saturated rings. The highest BCUT2D eigenvalue weighted by atomic mass is 127. The minimum Gasteiger partial charge on any atom is -0.356 e. The van der Waals surface area contributed by atoms with Gasteiger partial charge in [0.1, 0.15) is 5.82 Å². The molecular formula is C13H18BrFIN3. The van der Waals surface area contributed by atoms with E-state index in [1.54, 1.807) is 25.3 Å². The summed E-state index contributed by atoms with van der Waals surface area (Å²) in [6.45, 7) is 4.88. The molecule has 2 N–H and O–H groups in total. The number of hydrogen-bond donors (Lipinski definition) is 2. The summed E-state index contributed by atoms with van der Waals surface area (Å²) in [6.07, 6.45) is 2.35. The SMILES string of the molecule is C=CCNC(=NC)NCCc1cc(Br)ccc1F.I. The van der Waals surface area contributed by atoms with Crippen LogP contribution in [0.5, 0.6) is 0 Å². The minimum atomic E-state index is -0.186. The van der Waals surface area contributed by atoms with E-state index in [1.807, 2.05) is 0 Å². The van der Waals surface area contributed by atoms with Gasteiger partial charge >= 0.3 is 0 Å². The monoisotopic (exact) mass is 441 g/mol. The Balaban J connectivity index is 0.00000324. The maximum atomic E-state index is 13.5. The van der Waals surface area contributed by atoms with E-state index in [-0.39, 0.29) is 29.8 Å². The van der Waals surface area contributed by atoms with Gasteiger partial charge in [-0.3, -0.25) is 4.99 Å². The van der Waals surface area contributed by atoms with E-state index in [0.717, 1.165) is 4.47 Å². The van der Waals surface area contributed by atoms with Gasteiger partial charge in [-0.05, 0) is 30.2 Å². The lowest BCUT2D eigenvalue weighted by Crippen LogP contribution is -2.38. The Morgan fingerprint density at radius 2 is 2.21 bits per heavy atom. The number of benzene rings is 1. The molecule has 0 spiro atoms. The lowest BCUT2D eigenvalue weighted by molar-refractivity contribution is 0.606. The second-order valence-electron chi connectivity index (χ2n) is 3.65. The Labute approximate surface area is 138 Å². The fraction of sp³-hybridized carbons (Fsp3) is 0.308. The van der Waals surface area contributed by atoms with Crippen molar-refractivity contribution in [1.82, 2.24) is 10.6 Å². The molecule has 0 aromatic heterocycles. The van der Waals surface area contributed by atoms with Gasteiger partial charge in [0.05, 0.1) is 0 Å². The van der Waals surface area contributed by atoms with Crippen LogP contribution in [0, 0.1) is 5.82 Å². The minimum absolute atomic E-state index is 0. The average molecular weight is 442 g/mol. The Bertz CT molecular complexity index is 438. The van der Waals surface area contributed by atoms with Crippen LogP contribution >= 0.6 is 39.9 Å². The third kappa shape index (κ3) is 6.91. The second-order valence-corrected chi connectivity index (χ2v) is 4.57. The highest BCUT2D eigenvalue weighted by molar-refractivity contribution is 14.0. The molecule has 1 aromatic rings. The van der Waals surface area contributed by atoms with Gasteiger partial charge in [0.25, 0.3) is 0 Å². The molecule has 1 aromatic carbocycles. The van der Waals surface area contributed by atoms with Gasteiger partial charge in [0, 0.05) is 24.6 Å². The summed E-state index contributed by atoms with van der Waals surface area (Å²) in [5, 5.41) is 6.16. The largest absolute Gasteiger partial charge is 0.356 e. The molecule has 0 atom stereocenters. The normalized spacial score (nSPS) is 10.6. The molecule has 0 saturated heterocycles. The van der Waals surface area contributed by atoms with Crippen molar-refractivity contribution in [3.05, 3.63) is 46.7 Å². The molecule has 0 aliphatic rings. The summed E-state index contributed by atoms with van der Waals surface area (Å²) in [5.74, 6) is 0.499. The zero-order valence-corrected chi connectivity index (χ0v) is 14.7. The standard InChI is InChI=1S/C13H17BrFN3.HI/c1-3-7-17-13(16-2)18-8-6-10-9-11(14)4-5-12(10)15;/h3-5,9H,1,6-8H2,2H3,(H2,16,17,18);1H. The fourth-order valence-corrected chi connectivity index (χ4v) is 1.85. The van der Waals surface area contributed by atoms with E-state index in [1.165, 1.54) is 6.07 Å². The van der Waals surface area contributed by atoms with E-state index in [9.17, 15) is 4.39 Å². The van der Waals surface area contributed by atoms with Gasteiger partial charge in [-0.1, -0.05) is 22.0 Å². The Hall–Kier alpha value is -0.630. The number of nitrogens with one attached hydrogen (secondary N) is 2. The molecule has 0 amide bonds. The molecule has 0 aliphatic carbocycles. The molecule has 6 heteroatoms. The van der Waals surface area contributed by atoms with Gasteiger partial charge in [0.15, 0.2) is 5.96 Å². The first-order valence-corrected chi connectivity index (χ1v) is 6.46. The number of nitrogens with zero attached hydrogens (tertiary/aromatic N) is 1. The number of halogens is 3. The molecule has 0 unspecified atom stereocenters. The van der Waals surface area contributed by atoms with Crippen LogP contribution in [0.4, 0.5) is 4.39 Å². The fourth-order valence-electron chi connectivity index (χ4n) is 1.44. The third-order valence-electron chi connectivity index (χ3n) is 2.33. The van der Waals surface area contributed by atoms with Gasteiger partial charge < -0.3 is 10.6 Å². The summed E-state index contributed by atoms with van der Waals surface area (Å²) in [6, 6.07) is 4.94. The van der Waals surface area contributed by atoms with Crippen LogP contribution in [-0.4, -0.2) is 26.1 Å². The molecule has 19 heavy (non-hydrogen) atoms. The molecule has 0 heterocycles. The quantitative estimate of drug-likeness (QED) is 0.319. The van der Waals surface area contributed by atoms with Crippen molar-refractivity contribution in [3.63, 3.8) is 0 Å². The van der Waals surface area contributed by atoms with Gasteiger partial charge in [0.2, 0.25) is 0 Å². The number of aliphatic imine (C=N–C) groups is 1. The summed E-state index contributed by atoms with van der Waals surface area (Å²) in [7, 11) is 1.69. The van der Waals surface area contributed by atoms with Crippen molar-refractivity contribution in [2.45, 2.75) is 6.42 Å². The summed E-state index contributed by atoms with van der Waals surface area (Å²) < 4.78 is 14.4. The van der Waals surface area contributed by atoms with Crippen LogP contribution in [0.1, 0.15) is 5.56 Å². The van der Waals surface area contributed by atoms with Crippen molar-refractivity contribution in [1.29, 1.82) is 0 Å². The van der Waals surface area contributed by atoms with Crippen molar-refractivity contribution < 1.29 is 4.39 Å². The van der Waals surface area contributed by atoms with Crippen molar-refractivity contribution in [2.75, 3.05) is 20.1 Å². The number of guanidine groups is 1. The van der Waals surface area contributed by atoms with E-state index in [0.29, 0.717) is 31.0 Å². The number of rotatable bonds is 5. The predicted octanol–water partition coefficient (Wildman–Crippen LogP) is 3.10. The van der Waals surface area contributed by atoms with Crippen molar-refractivity contribution >= 4 is 45.9 Å². The molecule has 0 aliphatic heterocycles. The average Bonchev–Trinajstić information content (AvgIpc) is 2.37. The van der Waals surface area contributed by atoms with Crippen LogP contribution in [0.25, 0.3) is 0 Å². The Morgan fingerprint density at radius 1 is 1.47 bits per heavy atom. The Kier molecular flexibility index (Phi) is 9.85. The van der Waals surface area contributed by atoms with Crippen LogP contribution in [0.3, 0.4) is 0 Å². The molecule has 1 rings (SSSR count). The van der Waals surface area contributed by atoms with Gasteiger partial charge in [-0.25, -0.2) is 4.39 Å². The summed E-state index contributed by atoms with van der Waals surface area (Å²) in [5.41, 5.74) is 0.677. The smallest absolute Gasteiger partial charge is 0.191 e. The van der Waals surface area contributed by atoms with Gasteiger partial charge in [-0.2, -0.15) is 0 Å². The third-order valence-corrected chi connectivity index (χ3v) is 2.83. The maximum Gasteiger partial charge on any atom is 0.191 e. The first kappa shape index (κ1) is 18.4. The highest BCUT2D eigenvalue weighted by Gasteiger charge is 2.03. The van der Waals surface area contributed by atoms with E-state index < -0.39 is 0 Å².